The van der Waals surface area contributed by atoms with Crippen molar-refractivity contribution in [3.05, 3.63) is 89.5 Å². The number of nitrogens with zero attached hydrogens (tertiary/aromatic N) is 7. The van der Waals surface area contributed by atoms with E-state index in [-0.39, 0.29) is 34.9 Å². The minimum atomic E-state index is -0.364. The number of anilines is 3. The summed E-state index contributed by atoms with van der Waals surface area (Å²) in [4.78, 5) is 49.7. The Bertz CT molecular complexity index is 2480. The van der Waals surface area contributed by atoms with Crippen molar-refractivity contribution in [1.82, 2.24) is 30.2 Å². The first-order valence-electron chi connectivity index (χ1n) is 24.5. The van der Waals surface area contributed by atoms with Crippen LogP contribution in [0.4, 0.5) is 17.2 Å². The van der Waals surface area contributed by atoms with Crippen LogP contribution in [0, 0.1) is 17.8 Å². The highest BCUT2D eigenvalue weighted by Crippen LogP contribution is 2.65. The molecule has 11 rings (SSSR count). The molecule has 14 heteroatoms. The first-order chi connectivity index (χ1) is 32.2. The van der Waals surface area contributed by atoms with Crippen molar-refractivity contribution in [2.45, 2.75) is 81.7 Å². The van der Waals surface area contributed by atoms with Crippen molar-refractivity contribution < 1.29 is 24.2 Å². The van der Waals surface area contributed by atoms with Crippen LogP contribution in [0.15, 0.2) is 72.8 Å². The van der Waals surface area contributed by atoms with E-state index in [2.05, 4.69) is 76.4 Å². The van der Waals surface area contributed by atoms with E-state index in [0.29, 0.717) is 73.3 Å². The van der Waals surface area contributed by atoms with Crippen LogP contribution in [-0.4, -0.2) is 126 Å². The molecule has 7 aliphatic rings. The molecule has 14 nitrogen and oxygen atoms in total. The van der Waals surface area contributed by atoms with Crippen LogP contribution >= 0.6 is 0 Å². The van der Waals surface area contributed by atoms with E-state index in [1.54, 1.807) is 6.07 Å². The van der Waals surface area contributed by atoms with Crippen molar-refractivity contribution in [3.8, 4) is 22.8 Å². The summed E-state index contributed by atoms with van der Waals surface area (Å²) >= 11 is 0. The number of amides is 3. The number of phenolic OH excluding ortho intramolecular Hbond substituents is 1. The predicted octanol–water partition coefficient (Wildman–Crippen LogP) is 5.54. The number of nitrogens with one attached hydrogen (secondary N) is 1. The highest BCUT2D eigenvalue weighted by atomic mass is 16.5. The van der Waals surface area contributed by atoms with Crippen molar-refractivity contribution in [2.24, 2.45) is 17.8 Å². The van der Waals surface area contributed by atoms with Gasteiger partial charge in [-0.1, -0.05) is 48.5 Å². The van der Waals surface area contributed by atoms with Crippen molar-refractivity contribution >= 4 is 34.9 Å². The number of hydrogen-bond donors (Lipinski definition) is 3. The molecule has 2 bridgehead atoms. The Kier molecular flexibility index (Phi) is 11.6. The Morgan fingerprint density at radius 3 is 2.47 bits per heavy atom. The average Bonchev–Trinajstić information content (AvgIpc) is 3.65. The summed E-state index contributed by atoms with van der Waals surface area (Å²) in [6.45, 7) is 9.37. The van der Waals surface area contributed by atoms with Crippen LogP contribution < -0.4 is 25.6 Å². The Morgan fingerprint density at radius 2 is 1.64 bits per heavy atom. The summed E-state index contributed by atoms with van der Waals surface area (Å²) in [5.74, 6) is 3.69. The molecule has 3 aromatic carbocycles. The van der Waals surface area contributed by atoms with E-state index in [1.165, 1.54) is 36.0 Å². The van der Waals surface area contributed by atoms with Gasteiger partial charge in [0.1, 0.15) is 24.1 Å². The quantitative estimate of drug-likeness (QED) is 0.180. The number of phenols is 1. The van der Waals surface area contributed by atoms with E-state index in [0.717, 1.165) is 102 Å². The number of nitrogens with two attached hydrogens (primary N) is 1. The van der Waals surface area contributed by atoms with Crippen LogP contribution in [0.3, 0.4) is 0 Å². The maximum Gasteiger partial charge on any atom is 0.249 e. The van der Waals surface area contributed by atoms with Crippen LogP contribution in [0.1, 0.15) is 80.4 Å². The molecule has 6 heterocycles. The maximum absolute atomic E-state index is 13.6. The lowest BCUT2D eigenvalue weighted by atomic mass is 9.51. The number of imide groups is 1. The molecule has 66 heavy (non-hydrogen) atoms. The van der Waals surface area contributed by atoms with Crippen LogP contribution in [0.25, 0.3) is 11.3 Å². The second-order valence-corrected chi connectivity index (χ2v) is 20.2. The molecular weight excluding hydrogens is 831 g/mol. The van der Waals surface area contributed by atoms with Gasteiger partial charge in [0.05, 0.1) is 30.2 Å². The van der Waals surface area contributed by atoms with Gasteiger partial charge < -0.3 is 30.3 Å². The Labute approximate surface area is 387 Å². The lowest BCUT2D eigenvalue weighted by Gasteiger charge is -2.53. The molecular formula is C52H63N9O5. The third-order valence-electron chi connectivity index (χ3n) is 16.6. The largest absolute Gasteiger partial charge is 0.507 e. The second kappa shape index (κ2) is 17.8. The highest BCUT2D eigenvalue weighted by molar-refractivity contribution is 6.02. The number of likely N-dealkylation sites (tertiary alicyclic amines) is 1. The number of piperazine rings is 1. The number of ether oxygens (including phenoxy) is 1. The fourth-order valence-electron chi connectivity index (χ4n) is 13.1. The van der Waals surface area contributed by atoms with Crippen LogP contribution in [0.5, 0.6) is 11.5 Å². The van der Waals surface area contributed by atoms with Crippen LogP contribution in [-0.2, 0) is 26.3 Å². The number of aromatic nitrogens is 2. The summed E-state index contributed by atoms with van der Waals surface area (Å²) in [5.41, 5.74) is 14.0. The molecule has 5 aliphatic heterocycles. The number of carbonyl (C=O) groups is 3. The lowest BCUT2D eigenvalue weighted by Crippen LogP contribution is -2.54. The molecule has 0 spiro atoms. The van der Waals surface area contributed by atoms with Gasteiger partial charge in [0, 0.05) is 57.8 Å². The standard InChI is InChI=1S/C52H63N9O5/c53-50-45(29-42(55-56-50)40-7-1-2-10-46(40)62)59-19-13-34-28-41-37(16-20-59)31-52(41,30-34)38-6-3-5-35(27-38)32-58-21-23-60(24-22-58)48(64)33-57-17-14-36(15-18-57)39-8-4-9-43-49(39)66-26-25-61(43)44-11-12-47(63)54-51(44)65/h1-10,27,29,34,36-37,41,44,62H,11-26,28,30-33H2,(H2,53,56)(H,54,63,65)/t34?,37-,41?,44?,52?/m1/s1. The van der Waals surface area contributed by atoms with E-state index in [9.17, 15) is 19.5 Å². The number of para-hydroxylation sites is 2. The van der Waals surface area contributed by atoms with Crippen molar-refractivity contribution in [1.29, 1.82) is 0 Å². The zero-order chi connectivity index (χ0) is 44.9. The van der Waals surface area contributed by atoms with E-state index >= 15 is 0 Å². The molecule has 346 valence electrons. The normalized spacial score (nSPS) is 27.2. The number of carbonyl (C=O) groups excluding carboxylic acids is 3. The molecule has 5 atom stereocenters. The Hall–Kier alpha value is -5.73. The lowest BCUT2D eigenvalue weighted by molar-refractivity contribution is -0.135. The van der Waals surface area contributed by atoms with Gasteiger partial charge in [-0.3, -0.25) is 29.5 Å². The molecule has 1 aromatic heterocycles. The van der Waals surface area contributed by atoms with E-state index in [1.807, 2.05) is 30.3 Å². The van der Waals surface area contributed by atoms with Gasteiger partial charge in [0.25, 0.3) is 0 Å². The zero-order valence-corrected chi connectivity index (χ0v) is 38.0. The van der Waals surface area contributed by atoms with Gasteiger partial charge in [-0.05, 0) is 134 Å². The van der Waals surface area contributed by atoms with Crippen LogP contribution in [0.2, 0.25) is 0 Å². The van der Waals surface area contributed by atoms with Gasteiger partial charge in [-0.15, -0.1) is 10.2 Å². The summed E-state index contributed by atoms with van der Waals surface area (Å²) in [6.07, 6.45) is 8.80. The van der Waals surface area contributed by atoms with Gasteiger partial charge in [0.15, 0.2) is 5.82 Å². The Balaban J connectivity index is 0.659. The number of piperidine rings is 2. The van der Waals surface area contributed by atoms with Gasteiger partial charge in [-0.2, -0.15) is 0 Å². The smallest absolute Gasteiger partial charge is 0.249 e. The number of nitrogen functional groups attached to an aromatic ring is 1. The van der Waals surface area contributed by atoms with Crippen molar-refractivity contribution in [2.75, 3.05) is 87.6 Å². The number of fused-ring (bicyclic) bond motifs is 2. The third kappa shape index (κ3) is 8.14. The second-order valence-electron chi connectivity index (χ2n) is 20.2. The molecule has 3 amide bonds. The molecule has 0 radical (unpaired) electrons. The maximum atomic E-state index is 13.6. The van der Waals surface area contributed by atoms with E-state index in [4.69, 9.17) is 10.5 Å². The predicted molar refractivity (Wildman–Crippen MR) is 253 cm³/mol. The first-order valence-corrected chi connectivity index (χ1v) is 24.5. The summed E-state index contributed by atoms with van der Waals surface area (Å²) < 4.78 is 6.27. The topological polar surface area (TPSA) is 161 Å². The minimum Gasteiger partial charge on any atom is -0.507 e. The SMILES string of the molecule is Nc1nnc(-c2ccccc2O)cc1N1CCC2CC3[C@H](CC1)CC3(c1cccc(CN3CCN(C(=O)CN4CCC(c5cccc6c5OCCN6C5CCC(=O)NC5=O)CC4)CC3)c1)C2. The van der Waals surface area contributed by atoms with Gasteiger partial charge in [-0.25, -0.2) is 0 Å². The molecule has 2 saturated carbocycles. The number of rotatable bonds is 9. The van der Waals surface area contributed by atoms with Gasteiger partial charge >= 0.3 is 0 Å². The zero-order valence-electron chi connectivity index (χ0n) is 38.0. The number of hydrogen-bond acceptors (Lipinski definition) is 12. The monoisotopic (exact) mass is 893 g/mol. The fourth-order valence-corrected chi connectivity index (χ4v) is 13.1. The fraction of sp³-hybridized carbons (Fsp3) is 0.519. The molecule has 2 aliphatic carbocycles. The molecule has 4 aromatic rings. The average molecular weight is 894 g/mol. The van der Waals surface area contributed by atoms with Gasteiger partial charge in [0.2, 0.25) is 17.7 Å². The molecule has 4 unspecified atom stereocenters. The minimum absolute atomic E-state index is 0.192. The first kappa shape index (κ1) is 42.9. The molecule has 4 N–H and O–H groups in total. The summed E-state index contributed by atoms with van der Waals surface area (Å²) in [5, 5.41) is 21.7. The Morgan fingerprint density at radius 1 is 0.818 bits per heavy atom. The van der Waals surface area contributed by atoms with E-state index < -0.39 is 0 Å². The summed E-state index contributed by atoms with van der Waals surface area (Å²) in [6, 6.07) is 24.6. The molecule has 6 fully saturated rings. The number of benzene rings is 3. The third-order valence-corrected chi connectivity index (χ3v) is 16.6. The highest BCUT2D eigenvalue weighted by Gasteiger charge is 2.59. The summed E-state index contributed by atoms with van der Waals surface area (Å²) in [7, 11) is 0. The van der Waals surface area contributed by atoms with Crippen molar-refractivity contribution in [3.63, 3.8) is 0 Å². The number of aromatic hydroxyl groups is 1. The molecule has 4 saturated heterocycles.